The fourth-order valence-corrected chi connectivity index (χ4v) is 4.59. The first-order chi connectivity index (χ1) is 21.2. The summed E-state index contributed by atoms with van der Waals surface area (Å²) in [4.78, 5) is 24.4. The van der Waals surface area contributed by atoms with E-state index >= 15 is 0 Å². The van der Waals surface area contributed by atoms with Crippen molar-refractivity contribution in [2.45, 2.75) is 12.2 Å². The molecule has 0 saturated heterocycles. The molecule has 6 rings (SSSR count). The molecular weight excluding hydrogens is 600 g/mol. The minimum atomic E-state index is -1.72. The van der Waals surface area contributed by atoms with Crippen LogP contribution in [0.1, 0.15) is 22.0 Å². The number of ether oxygens (including phenoxy) is 1. The minimum absolute atomic E-state index is 0.0205. The lowest BCUT2D eigenvalue weighted by atomic mass is 9.92. The number of fused-ring (bicyclic) bond motifs is 2. The fraction of sp³-hybridized carbons (Fsp3) is 0.0667. The third kappa shape index (κ3) is 5.30. The maximum absolute atomic E-state index is 12.2. The van der Waals surface area contributed by atoms with Gasteiger partial charge < -0.3 is 65.3 Å². The van der Waals surface area contributed by atoms with Gasteiger partial charge in [0.05, 0.1) is 0 Å². The van der Waals surface area contributed by atoms with E-state index in [4.69, 9.17) is 9.15 Å². The summed E-state index contributed by atoms with van der Waals surface area (Å²) in [5.74, 6) is -6.68. The molecule has 1 aliphatic heterocycles. The number of phenolic OH excluding ortho intramolecular Hbond substituents is 9. The largest absolute Gasteiger partial charge is 0.508 e. The van der Waals surface area contributed by atoms with Crippen molar-refractivity contribution in [1.29, 1.82) is 0 Å². The smallest absolute Gasteiger partial charge is 0.238 e. The Bertz CT molecular complexity index is 2040. The maximum Gasteiger partial charge on any atom is 0.238 e. The summed E-state index contributed by atoms with van der Waals surface area (Å²) >= 11 is 0. The molecule has 2 heterocycles. The van der Waals surface area contributed by atoms with Crippen LogP contribution in [0.15, 0.2) is 63.8 Å². The van der Waals surface area contributed by atoms with Gasteiger partial charge in [0.25, 0.3) is 0 Å². The maximum atomic E-state index is 12.2. The highest BCUT2D eigenvalue weighted by Gasteiger charge is 2.39. The van der Waals surface area contributed by atoms with Crippen LogP contribution in [0.2, 0.25) is 0 Å². The lowest BCUT2D eigenvalue weighted by molar-refractivity contribution is 0.0209. The van der Waals surface area contributed by atoms with Gasteiger partial charge in [-0.05, 0) is 30.3 Å². The zero-order valence-corrected chi connectivity index (χ0v) is 22.4. The number of aliphatic hydroxyl groups is 1. The van der Waals surface area contributed by atoms with Gasteiger partial charge in [0.15, 0.2) is 46.7 Å². The average molecular weight is 622 g/mol. The molecule has 15 heteroatoms. The molecule has 2 atom stereocenters. The van der Waals surface area contributed by atoms with Crippen LogP contribution in [-0.2, 0) is 0 Å². The second-order valence-corrected chi connectivity index (χ2v) is 9.74. The van der Waals surface area contributed by atoms with Crippen LogP contribution in [0.3, 0.4) is 0 Å². The summed E-state index contributed by atoms with van der Waals surface area (Å²) in [7, 11) is 0. The van der Waals surface area contributed by atoms with E-state index in [1.807, 2.05) is 0 Å². The first-order valence-corrected chi connectivity index (χ1v) is 12.6. The van der Waals surface area contributed by atoms with Gasteiger partial charge in [0.1, 0.15) is 45.3 Å². The van der Waals surface area contributed by atoms with Crippen molar-refractivity contribution in [3.63, 3.8) is 0 Å². The van der Waals surface area contributed by atoms with Crippen LogP contribution in [0.5, 0.6) is 63.2 Å². The van der Waals surface area contributed by atoms with Crippen LogP contribution >= 0.6 is 0 Å². The van der Waals surface area contributed by atoms with Crippen LogP contribution in [-0.4, -0.2) is 68.1 Å². The van der Waals surface area contributed by atoms with Crippen molar-refractivity contribution >= 4 is 16.8 Å². The molecule has 0 bridgehead atoms. The number of Topliss-reactive ketones (excluding diaryl/α,β-unsaturated/α-hetero) is 1. The minimum Gasteiger partial charge on any atom is -0.508 e. The molecule has 232 valence electrons. The van der Waals surface area contributed by atoms with Crippen molar-refractivity contribution in [2.75, 3.05) is 0 Å². The van der Waals surface area contributed by atoms with Gasteiger partial charge in [-0.1, -0.05) is 0 Å². The highest BCUT2D eigenvalue weighted by molar-refractivity contribution is 6.05. The van der Waals surface area contributed by atoms with Crippen LogP contribution in [0, 0.1) is 0 Å². The Labute approximate surface area is 249 Å². The Balaban J connectivity index is 0.000000178. The second-order valence-electron chi connectivity index (χ2n) is 9.74. The Morgan fingerprint density at radius 2 is 1.22 bits per heavy atom. The van der Waals surface area contributed by atoms with E-state index in [0.29, 0.717) is 0 Å². The van der Waals surface area contributed by atoms with Crippen molar-refractivity contribution in [2.24, 2.45) is 0 Å². The summed E-state index contributed by atoms with van der Waals surface area (Å²) in [6.07, 6.45) is -3.03. The zero-order valence-electron chi connectivity index (χ0n) is 22.4. The van der Waals surface area contributed by atoms with Crippen molar-refractivity contribution in [1.82, 2.24) is 0 Å². The topological polar surface area (TPSA) is 279 Å². The van der Waals surface area contributed by atoms with Gasteiger partial charge in [0, 0.05) is 35.4 Å². The molecular formula is C30H22O15. The van der Waals surface area contributed by atoms with Crippen LogP contribution < -0.4 is 10.2 Å². The van der Waals surface area contributed by atoms with E-state index in [1.54, 1.807) is 0 Å². The Morgan fingerprint density at radius 1 is 0.600 bits per heavy atom. The monoisotopic (exact) mass is 622 g/mol. The van der Waals surface area contributed by atoms with Gasteiger partial charge in [-0.2, -0.15) is 0 Å². The molecule has 0 spiro atoms. The molecule has 0 amide bonds. The molecule has 4 aromatic carbocycles. The zero-order chi connectivity index (χ0) is 32.9. The normalized spacial score (nSPS) is 15.5. The number of rotatable bonds is 2. The van der Waals surface area contributed by atoms with E-state index in [-0.39, 0.29) is 56.4 Å². The molecule has 5 aromatic rings. The molecule has 1 aliphatic rings. The molecule has 0 unspecified atom stereocenters. The van der Waals surface area contributed by atoms with E-state index in [1.165, 1.54) is 6.07 Å². The third-order valence-corrected chi connectivity index (χ3v) is 6.72. The van der Waals surface area contributed by atoms with E-state index < -0.39 is 63.7 Å². The van der Waals surface area contributed by atoms with Gasteiger partial charge >= 0.3 is 0 Å². The van der Waals surface area contributed by atoms with Gasteiger partial charge in [-0.25, -0.2) is 0 Å². The molecule has 0 fully saturated rings. The fourth-order valence-electron chi connectivity index (χ4n) is 4.59. The number of aromatic hydroxyl groups is 10. The number of hydrogen-bond donors (Lipinski definition) is 11. The average Bonchev–Trinajstić information content (AvgIpc) is 2.96. The van der Waals surface area contributed by atoms with Crippen molar-refractivity contribution in [3.8, 4) is 74.6 Å². The van der Waals surface area contributed by atoms with E-state index in [9.17, 15) is 65.8 Å². The molecule has 1 aromatic heterocycles. The molecule has 0 radical (unpaired) electrons. The predicted molar refractivity (Wildman–Crippen MR) is 151 cm³/mol. The van der Waals surface area contributed by atoms with Crippen molar-refractivity contribution in [3.05, 3.63) is 75.9 Å². The Hall–Kier alpha value is -6.48. The standard InChI is InChI=1S/C15H12O8.C15H10O7/c16-6-3-7(17)11-10(4-6)23-15(14(22)13(11)21)5-1-8(18)12(20)9(19)2-5;16-7-4-10(19)12-11(5-7)22-15(14(21)13(12)20)6-1-2-8(17)9(18)3-6/h1-4,14-20,22H;1-5,16-19,21H/t14-,15+;/m1./s1. The van der Waals surface area contributed by atoms with Crippen molar-refractivity contribution < 1.29 is 70.1 Å². The number of carbonyl (C=O) groups excluding carboxylic acids is 1. The quantitative estimate of drug-likeness (QED) is 0.126. The first kappa shape index (κ1) is 30.0. The predicted octanol–water partition coefficient (Wildman–Crippen LogP) is 2.88. The number of phenols is 9. The summed E-state index contributed by atoms with van der Waals surface area (Å²) < 4.78 is 10.8. The van der Waals surface area contributed by atoms with Crippen LogP contribution in [0.4, 0.5) is 0 Å². The molecule has 0 aliphatic carbocycles. The summed E-state index contributed by atoms with van der Waals surface area (Å²) in [5.41, 5.74) is -1.15. The lowest BCUT2D eigenvalue weighted by Crippen LogP contribution is -2.36. The Kier molecular flexibility index (Phi) is 7.32. The molecule has 45 heavy (non-hydrogen) atoms. The molecule has 11 N–H and O–H groups in total. The molecule has 15 nitrogen and oxygen atoms in total. The Morgan fingerprint density at radius 3 is 1.87 bits per heavy atom. The van der Waals surface area contributed by atoms with Gasteiger partial charge in [-0.15, -0.1) is 0 Å². The van der Waals surface area contributed by atoms with E-state index in [0.717, 1.165) is 48.5 Å². The number of benzene rings is 4. The first-order valence-electron chi connectivity index (χ1n) is 12.6. The summed E-state index contributed by atoms with van der Waals surface area (Å²) in [6.45, 7) is 0. The van der Waals surface area contributed by atoms with Gasteiger partial charge in [0.2, 0.25) is 17.0 Å². The van der Waals surface area contributed by atoms with Crippen LogP contribution in [0.25, 0.3) is 22.3 Å². The number of carbonyl (C=O) groups is 1. The number of aliphatic hydroxyl groups excluding tert-OH is 1. The number of hydrogen-bond acceptors (Lipinski definition) is 15. The SMILES string of the molecule is O=C1c2c(O)cc(O)cc2O[C@@H](c2cc(O)c(O)c(O)c2)[C@@H]1O.O=c1c(O)c(-c2ccc(O)c(O)c2)oc2cc(O)cc(O)c12. The summed E-state index contributed by atoms with van der Waals surface area (Å²) in [6, 6.07) is 9.70. The third-order valence-electron chi connectivity index (χ3n) is 6.72. The van der Waals surface area contributed by atoms with E-state index in [2.05, 4.69) is 0 Å². The van der Waals surface area contributed by atoms with Gasteiger partial charge in [-0.3, -0.25) is 9.59 Å². The molecule has 0 saturated carbocycles. The second kappa shape index (κ2) is 11.0. The lowest BCUT2D eigenvalue weighted by Gasteiger charge is -2.30. The summed E-state index contributed by atoms with van der Waals surface area (Å²) in [5, 5.41) is 105. The highest BCUT2D eigenvalue weighted by Crippen LogP contribution is 2.45. The number of ketones is 1. The highest BCUT2D eigenvalue weighted by atomic mass is 16.5.